The first-order valence-electron chi connectivity index (χ1n) is 9.05. The molecule has 0 saturated carbocycles. The van der Waals surface area contributed by atoms with E-state index in [-0.39, 0.29) is 11.8 Å². The molecule has 1 aliphatic rings. The number of hydrogen-bond acceptors (Lipinski definition) is 4. The number of nitrogens with one attached hydrogen (secondary N) is 2. The zero-order valence-corrected chi connectivity index (χ0v) is 15.7. The highest BCUT2D eigenvalue weighted by Crippen LogP contribution is 2.30. The molecule has 4 rings (SSSR count). The molecule has 0 aliphatic carbocycles. The van der Waals surface area contributed by atoms with Gasteiger partial charge < -0.3 is 15.0 Å². The fraction of sp³-hybridized carbons (Fsp3) is 0.350. The highest BCUT2D eigenvalue weighted by molar-refractivity contribution is 5.94. The predicted molar refractivity (Wildman–Crippen MR) is 101 cm³/mol. The average molecular weight is 365 g/mol. The second-order valence-electron chi connectivity index (χ2n) is 6.95. The van der Waals surface area contributed by atoms with E-state index in [1.807, 2.05) is 48.9 Å². The Morgan fingerprint density at radius 2 is 2.11 bits per heavy atom. The molecule has 0 radical (unpaired) electrons. The third-order valence-corrected chi connectivity index (χ3v) is 4.98. The van der Waals surface area contributed by atoms with Gasteiger partial charge in [-0.15, -0.1) is 0 Å². The summed E-state index contributed by atoms with van der Waals surface area (Å²) in [6.07, 6.45) is 0.693. The summed E-state index contributed by atoms with van der Waals surface area (Å²) in [6.45, 7) is 5.04. The van der Waals surface area contributed by atoms with Gasteiger partial charge in [-0.1, -0.05) is 18.2 Å². The fourth-order valence-electron chi connectivity index (χ4n) is 3.69. The van der Waals surface area contributed by atoms with Crippen molar-refractivity contribution in [3.8, 4) is 5.75 Å². The number of carbonyl (C=O) groups is 1. The number of amides is 1. The number of H-pyrrole nitrogens is 1. The second kappa shape index (κ2) is 6.90. The van der Waals surface area contributed by atoms with Crippen molar-refractivity contribution in [1.82, 2.24) is 25.1 Å². The van der Waals surface area contributed by atoms with Crippen molar-refractivity contribution in [3.05, 3.63) is 64.5 Å². The lowest BCUT2D eigenvalue weighted by Gasteiger charge is -2.17. The number of benzene rings is 1. The number of para-hydroxylation sites is 1. The molecule has 1 amide bonds. The molecule has 0 fully saturated rings. The summed E-state index contributed by atoms with van der Waals surface area (Å²) < 4.78 is 7.40. The Labute approximate surface area is 157 Å². The maximum atomic E-state index is 12.5. The number of ether oxygens (including phenoxy) is 1. The molecule has 3 aromatic rings. The molecule has 7 heteroatoms. The number of nitrogens with zero attached hydrogens (tertiary/aromatic N) is 3. The van der Waals surface area contributed by atoms with Gasteiger partial charge in [-0.2, -0.15) is 5.10 Å². The van der Waals surface area contributed by atoms with Crippen molar-refractivity contribution in [3.63, 3.8) is 0 Å². The Kier molecular flexibility index (Phi) is 4.43. The molecule has 0 unspecified atom stereocenters. The fourth-order valence-corrected chi connectivity index (χ4v) is 3.69. The van der Waals surface area contributed by atoms with Crippen LogP contribution in [0.15, 0.2) is 30.3 Å². The van der Waals surface area contributed by atoms with Gasteiger partial charge in [0.1, 0.15) is 17.3 Å². The smallest absolute Gasteiger partial charge is 0.271 e. The third-order valence-electron chi connectivity index (χ3n) is 4.98. The number of hydrogen-bond donors (Lipinski definition) is 2. The quantitative estimate of drug-likeness (QED) is 0.743. The van der Waals surface area contributed by atoms with Crippen molar-refractivity contribution in [1.29, 1.82) is 0 Å². The zero-order valence-electron chi connectivity index (χ0n) is 15.7. The summed E-state index contributed by atoms with van der Waals surface area (Å²) >= 11 is 0. The van der Waals surface area contributed by atoms with E-state index in [0.717, 1.165) is 34.2 Å². The van der Waals surface area contributed by atoms with Gasteiger partial charge in [0.25, 0.3) is 5.91 Å². The number of aromatic amines is 1. The summed E-state index contributed by atoms with van der Waals surface area (Å²) in [7, 11) is 1.67. The zero-order chi connectivity index (χ0) is 19.0. The van der Waals surface area contributed by atoms with Crippen LogP contribution in [0.3, 0.4) is 0 Å². The Morgan fingerprint density at radius 1 is 1.30 bits per heavy atom. The molecule has 7 nitrogen and oxygen atoms in total. The number of aryl methyl sites for hydroxylation is 2. The highest BCUT2D eigenvalue weighted by Gasteiger charge is 2.27. The maximum Gasteiger partial charge on any atom is 0.271 e. The minimum atomic E-state index is -0.140. The first kappa shape index (κ1) is 17.3. The van der Waals surface area contributed by atoms with Gasteiger partial charge in [0, 0.05) is 23.9 Å². The normalized spacial score (nSPS) is 16.6. The van der Waals surface area contributed by atoms with Gasteiger partial charge >= 0.3 is 0 Å². The van der Waals surface area contributed by atoms with E-state index in [0.29, 0.717) is 25.2 Å². The van der Waals surface area contributed by atoms with E-state index < -0.39 is 0 Å². The van der Waals surface area contributed by atoms with Crippen molar-refractivity contribution in [2.75, 3.05) is 13.7 Å². The number of aromatic nitrogens is 4. The van der Waals surface area contributed by atoms with Gasteiger partial charge in [0.15, 0.2) is 0 Å². The minimum absolute atomic E-state index is 0.119. The van der Waals surface area contributed by atoms with Crippen LogP contribution in [-0.4, -0.2) is 39.3 Å². The summed E-state index contributed by atoms with van der Waals surface area (Å²) in [5.74, 6) is 1.55. The number of rotatable bonds is 4. The first-order valence-corrected chi connectivity index (χ1v) is 9.05. The lowest BCUT2D eigenvalue weighted by Crippen LogP contribution is -2.26. The summed E-state index contributed by atoms with van der Waals surface area (Å²) in [6, 6.07) is 9.97. The van der Waals surface area contributed by atoms with Crippen LogP contribution in [0.2, 0.25) is 0 Å². The predicted octanol–water partition coefficient (Wildman–Crippen LogP) is 2.35. The van der Waals surface area contributed by atoms with Crippen LogP contribution < -0.4 is 10.1 Å². The van der Waals surface area contributed by atoms with Crippen LogP contribution in [0.1, 0.15) is 44.9 Å². The van der Waals surface area contributed by atoms with Gasteiger partial charge in [-0.25, -0.2) is 4.98 Å². The van der Waals surface area contributed by atoms with Crippen LogP contribution in [-0.2, 0) is 13.0 Å². The number of imidazole rings is 1. The molecule has 2 aromatic heterocycles. The topological polar surface area (TPSA) is 84.8 Å². The van der Waals surface area contributed by atoms with Crippen LogP contribution in [0.25, 0.3) is 0 Å². The molecule has 27 heavy (non-hydrogen) atoms. The molecular weight excluding hydrogens is 342 g/mol. The molecular formula is C20H23N5O2. The Morgan fingerprint density at radius 3 is 2.85 bits per heavy atom. The van der Waals surface area contributed by atoms with E-state index in [9.17, 15) is 4.79 Å². The van der Waals surface area contributed by atoms with Gasteiger partial charge in [0.05, 0.1) is 19.3 Å². The van der Waals surface area contributed by atoms with E-state index in [4.69, 9.17) is 4.74 Å². The van der Waals surface area contributed by atoms with E-state index >= 15 is 0 Å². The van der Waals surface area contributed by atoms with Gasteiger partial charge in [0.2, 0.25) is 0 Å². The monoisotopic (exact) mass is 365 g/mol. The Hall–Kier alpha value is -3.09. The van der Waals surface area contributed by atoms with E-state index in [1.54, 1.807) is 7.11 Å². The number of fused-ring (bicyclic) bond motifs is 1. The van der Waals surface area contributed by atoms with Crippen molar-refractivity contribution in [2.24, 2.45) is 0 Å². The van der Waals surface area contributed by atoms with Gasteiger partial charge in [-0.3, -0.25) is 9.48 Å². The lowest BCUT2D eigenvalue weighted by molar-refractivity contribution is 0.0950. The largest absolute Gasteiger partial charge is 0.496 e. The Balaban J connectivity index is 1.64. The molecule has 1 aliphatic heterocycles. The molecule has 1 aromatic carbocycles. The molecule has 3 heterocycles. The Bertz CT molecular complexity index is 988. The molecule has 0 bridgehead atoms. The minimum Gasteiger partial charge on any atom is -0.496 e. The first-order chi connectivity index (χ1) is 13.0. The van der Waals surface area contributed by atoms with Crippen molar-refractivity contribution in [2.45, 2.75) is 32.7 Å². The molecule has 140 valence electrons. The standard InChI is InChI=1S/C20H23N5O2/c1-12-8-13(2)25(24-12)11-18-22-16-9-14(10-21-20(26)19(16)23-18)15-6-4-5-7-17(15)27-3/h4-8,14H,9-11H2,1-3H3,(H,21,26)(H,22,23)/t14-/m0/s1. The second-order valence-corrected chi connectivity index (χ2v) is 6.95. The molecule has 0 spiro atoms. The SMILES string of the molecule is COc1ccccc1[C@@H]1CNC(=O)c2nc(Cn3nc(C)cc3C)[nH]c2C1. The summed E-state index contributed by atoms with van der Waals surface area (Å²) in [5, 5.41) is 7.47. The van der Waals surface area contributed by atoms with Crippen molar-refractivity contribution < 1.29 is 9.53 Å². The van der Waals surface area contributed by atoms with Crippen molar-refractivity contribution >= 4 is 5.91 Å². The number of carbonyl (C=O) groups excluding carboxylic acids is 1. The van der Waals surface area contributed by atoms with Crippen LogP contribution in [0.5, 0.6) is 5.75 Å². The van der Waals surface area contributed by atoms with E-state index in [1.165, 1.54) is 0 Å². The maximum absolute atomic E-state index is 12.5. The molecule has 2 N–H and O–H groups in total. The van der Waals surface area contributed by atoms with Crippen LogP contribution in [0.4, 0.5) is 0 Å². The third kappa shape index (κ3) is 3.32. The average Bonchev–Trinajstić information content (AvgIpc) is 3.16. The van der Waals surface area contributed by atoms with Crippen LogP contribution in [0, 0.1) is 13.8 Å². The van der Waals surface area contributed by atoms with E-state index in [2.05, 4.69) is 20.4 Å². The van der Waals surface area contributed by atoms with Gasteiger partial charge in [-0.05, 0) is 38.0 Å². The van der Waals surface area contributed by atoms with Crippen LogP contribution >= 0.6 is 0 Å². The summed E-state index contributed by atoms with van der Waals surface area (Å²) in [5.41, 5.74) is 4.45. The summed E-state index contributed by atoms with van der Waals surface area (Å²) in [4.78, 5) is 20.4. The molecule has 0 saturated heterocycles. The lowest BCUT2D eigenvalue weighted by atomic mass is 9.93. The number of methoxy groups -OCH3 is 1. The highest BCUT2D eigenvalue weighted by atomic mass is 16.5. The molecule has 1 atom stereocenters.